The topological polar surface area (TPSA) is 38.9 Å². The summed E-state index contributed by atoms with van der Waals surface area (Å²) in [7, 11) is 0. The quantitative estimate of drug-likeness (QED) is 0.698. The van der Waals surface area contributed by atoms with E-state index in [1.54, 1.807) is 0 Å². The highest BCUT2D eigenvalue weighted by molar-refractivity contribution is 5.22. The monoisotopic (exact) mass is 172 g/mol. The summed E-state index contributed by atoms with van der Waals surface area (Å²) in [6, 6.07) is 0. The van der Waals surface area contributed by atoms with Gasteiger partial charge in [0.05, 0.1) is 12.4 Å². The van der Waals surface area contributed by atoms with Gasteiger partial charge in [0, 0.05) is 11.1 Å². The molecule has 0 aliphatic rings. The summed E-state index contributed by atoms with van der Waals surface area (Å²) < 4.78 is 25.9. The Kier molecular flexibility index (Phi) is 2.10. The lowest BCUT2D eigenvalue weighted by atomic mass is 9.96. The van der Waals surface area contributed by atoms with Crippen molar-refractivity contribution in [1.29, 1.82) is 0 Å². The van der Waals surface area contributed by atoms with Crippen LogP contribution < -0.4 is 5.73 Å². The van der Waals surface area contributed by atoms with E-state index in [0.29, 0.717) is 0 Å². The second-order valence-electron chi connectivity index (χ2n) is 3.20. The van der Waals surface area contributed by atoms with Crippen molar-refractivity contribution in [3.63, 3.8) is 0 Å². The molecule has 0 saturated heterocycles. The molecule has 0 aliphatic carbocycles. The number of nitrogens with two attached hydrogens (primary N) is 1. The first-order chi connectivity index (χ1) is 5.43. The van der Waals surface area contributed by atoms with Crippen molar-refractivity contribution in [3.05, 3.63) is 29.6 Å². The first kappa shape index (κ1) is 9.06. The summed E-state index contributed by atoms with van der Waals surface area (Å²) >= 11 is 0. The highest BCUT2D eigenvalue weighted by Crippen LogP contribution is 2.22. The molecule has 0 aromatic carbocycles. The summed E-state index contributed by atoms with van der Waals surface area (Å²) in [4.78, 5) is 3.35. The second kappa shape index (κ2) is 2.79. The summed E-state index contributed by atoms with van der Waals surface area (Å²) in [5.74, 6) is -1.41. The Hall–Kier alpha value is -1.03. The number of aromatic nitrogens is 1. The van der Waals surface area contributed by atoms with Crippen LogP contribution in [0.2, 0.25) is 0 Å². The molecule has 66 valence electrons. The van der Waals surface area contributed by atoms with E-state index in [0.717, 1.165) is 12.4 Å². The minimum Gasteiger partial charge on any atom is -0.322 e. The van der Waals surface area contributed by atoms with E-state index in [-0.39, 0.29) is 5.56 Å². The Morgan fingerprint density at radius 3 is 1.92 bits per heavy atom. The third-order valence-corrected chi connectivity index (χ3v) is 1.50. The van der Waals surface area contributed by atoms with Gasteiger partial charge < -0.3 is 5.73 Å². The normalized spacial score (nSPS) is 11.8. The molecule has 1 rings (SSSR count). The highest BCUT2D eigenvalue weighted by Gasteiger charge is 2.23. The van der Waals surface area contributed by atoms with Gasteiger partial charge in [-0.3, -0.25) is 4.98 Å². The van der Waals surface area contributed by atoms with Gasteiger partial charge in [0.2, 0.25) is 0 Å². The van der Waals surface area contributed by atoms with Crippen LogP contribution in [0.25, 0.3) is 0 Å². The molecule has 0 unspecified atom stereocenters. The van der Waals surface area contributed by atoms with Crippen LogP contribution >= 0.6 is 0 Å². The van der Waals surface area contributed by atoms with Crippen molar-refractivity contribution in [3.8, 4) is 0 Å². The number of pyridine rings is 1. The predicted molar refractivity (Wildman–Crippen MR) is 41.4 cm³/mol. The molecule has 12 heavy (non-hydrogen) atoms. The van der Waals surface area contributed by atoms with E-state index < -0.39 is 17.2 Å². The van der Waals surface area contributed by atoms with E-state index in [2.05, 4.69) is 4.98 Å². The maximum absolute atomic E-state index is 13.0. The van der Waals surface area contributed by atoms with Crippen LogP contribution in [-0.4, -0.2) is 4.98 Å². The van der Waals surface area contributed by atoms with Gasteiger partial charge in [-0.15, -0.1) is 0 Å². The number of rotatable bonds is 1. The van der Waals surface area contributed by atoms with E-state index in [4.69, 9.17) is 5.73 Å². The summed E-state index contributed by atoms with van der Waals surface area (Å²) in [5.41, 5.74) is 4.41. The van der Waals surface area contributed by atoms with Gasteiger partial charge in [-0.2, -0.15) is 0 Å². The molecule has 0 amide bonds. The van der Waals surface area contributed by atoms with Crippen LogP contribution in [-0.2, 0) is 5.54 Å². The fourth-order valence-electron chi connectivity index (χ4n) is 1.03. The summed E-state index contributed by atoms with van der Waals surface area (Å²) in [6.45, 7) is 3.07. The fraction of sp³-hybridized carbons (Fsp3) is 0.375. The highest BCUT2D eigenvalue weighted by atomic mass is 19.1. The van der Waals surface area contributed by atoms with Gasteiger partial charge >= 0.3 is 0 Å². The molecule has 0 aliphatic heterocycles. The SMILES string of the molecule is CC(C)(N)c1c(F)cncc1F. The average Bonchev–Trinajstić information content (AvgIpc) is 1.82. The largest absolute Gasteiger partial charge is 0.322 e. The zero-order chi connectivity index (χ0) is 9.35. The number of nitrogens with zero attached hydrogens (tertiary/aromatic N) is 1. The molecule has 1 aromatic heterocycles. The molecule has 0 saturated carbocycles. The predicted octanol–water partition coefficient (Wildman–Crippen LogP) is 1.55. The Bertz CT molecular complexity index is 271. The van der Waals surface area contributed by atoms with Crippen LogP contribution in [0.3, 0.4) is 0 Å². The van der Waals surface area contributed by atoms with E-state index in [1.165, 1.54) is 13.8 Å². The Labute approximate surface area is 69.4 Å². The number of hydrogen-bond acceptors (Lipinski definition) is 2. The lowest BCUT2D eigenvalue weighted by Gasteiger charge is -2.19. The third-order valence-electron chi connectivity index (χ3n) is 1.50. The molecule has 1 heterocycles. The minimum atomic E-state index is -1.02. The lowest BCUT2D eigenvalue weighted by molar-refractivity contribution is 0.454. The molecule has 4 heteroatoms. The maximum Gasteiger partial charge on any atom is 0.149 e. The minimum absolute atomic E-state index is 0.127. The lowest BCUT2D eigenvalue weighted by Crippen LogP contribution is -2.31. The summed E-state index contributed by atoms with van der Waals surface area (Å²) in [6.07, 6.45) is 1.90. The first-order valence-corrected chi connectivity index (χ1v) is 3.51. The molecule has 0 radical (unpaired) electrons. The molecule has 1 aromatic rings. The van der Waals surface area contributed by atoms with Crippen LogP contribution in [0.5, 0.6) is 0 Å². The van der Waals surface area contributed by atoms with Gasteiger partial charge in [-0.1, -0.05) is 0 Å². The van der Waals surface area contributed by atoms with Crippen LogP contribution in [0.4, 0.5) is 8.78 Å². The number of hydrogen-bond donors (Lipinski definition) is 1. The molecular weight excluding hydrogens is 162 g/mol. The summed E-state index contributed by atoms with van der Waals surface area (Å²) in [5, 5.41) is 0. The van der Waals surface area contributed by atoms with E-state index >= 15 is 0 Å². The molecule has 2 N–H and O–H groups in total. The third kappa shape index (κ3) is 1.58. The average molecular weight is 172 g/mol. The second-order valence-corrected chi connectivity index (χ2v) is 3.20. The standard InChI is InChI=1S/C8H10F2N2/c1-8(2,11)7-5(9)3-12-4-6(7)10/h3-4H,11H2,1-2H3. The van der Waals surface area contributed by atoms with Gasteiger partial charge in [0.1, 0.15) is 11.6 Å². The van der Waals surface area contributed by atoms with E-state index in [9.17, 15) is 8.78 Å². The Morgan fingerprint density at radius 2 is 1.67 bits per heavy atom. The van der Waals surface area contributed by atoms with Crippen molar-refractivity contribution in [2.75, 3.05) is 0 Å². The van der Waals surface area contributed by atoms with Crippen molar-refractivity contribution < 1.29 is 8.78 Å². The van der Waals surface area contributed by atoms with Crippen molar-refractivity contribution in [1.82, 2.24) is 4.98 Å². The Morgan fingerprint density at radius 1 is 1.25 bits per heavy atom. The van der Waals surface area contributed by atoms with Crippen molar-refractivity contribution >= 4 is 0 Å². The molecule has 0 atom stereocenters. The van der Waals surface area contributed by atoms with Crippen LogP contribution in [0.15, 0.2) is 12.4 Å². The Balaban J connectivity index is 3.31. The van der Waals surface area contributed by atoms with Gasteiger partial charge in [-0.05, 0) is 13.8 Å². The molecule has 0 bridgehead atoms. The van der Waals surface area contributed by atoms with Crippen LogP contribution in [0, 0.1) is 11.6 Å². The molecule has 2 nitrogen and oxygen atoms in total. The van der Waals surface area contributed by atoms with E-state index in [1.807, 2.05) is 0 Å². The van der Waals surface area contributed by atoms with Crippen molar-refractivity contribution in [2.24, 2.45) is 5.73 Å². The maximum atomic E-state index is 13.0. The first-order valence-electron chi connectivity index (χ1n) is 3.51. The molecule has 0 spiro atoms. The van der Waals surface area contributed by atoms with Crippen molar-refractivity contribution in [2.45, 2.75) is 19.4 Å². The van der Waals surface area contributed by atoms with Gasteiger partial charge in [-0.25, -0.2) is 8.78 Å². The van der Waals surface area contributed by atoms with Gasteiger partial charge in [0.15, 0.2) is 0 Å². The zero-order valence-electron chi connectivity index (χ0n) is 6.94. The fourth-order valence-corrected chi connectivity index (χ4v) is 1.03. The molecular formula is C8H10F2N2. The van der Waals surface area contributed by atoms with Gasteiger partial charge in [0.25, 0.3) is 0 Å². The zero-order valence-corrected chi connectivity index (χ0v) is 6.94. The number of halogens is 2. The van der Waals surface area contributed by atoms with Crippen LogP contribution in [0.1, 0.15) is 19.4 Å². The smallest absolute Gasteiger partial charge is 0.149 e. The molecule has 0 fully saturated rings.